The number of methoxy groups -OCH3 is 1. The Balaban J connectivity index is 1.45. The van der Waals surface area contributed by atoms with Crippen molar-refractivity contribution in [3.05, 3.63) is 66.7 Å². The number of tetrazole rings is 1. The van der Waals surface area contributed by atoms with E-state index < -0.39 is 0 Å². The smallest absolute Gasteiger partial charge is 0.248 e. The van der Waals surface area contributed by atoms with Crippen LogP contribution in [-0.2, 0) is 11.3 Å². The van der Waals surface area contributed by atoms with Crippen LogP contribution in [0.1, 0.15) is 0 Å². The number of hydrogen-bond acceptors (Lipinski definition) is 5. The van der Waals surface area contributed by atoms with Gasteiger partial charge >= 0.3 is 0 Å². The Labute approximate surface area is 155 Å². The lowest BCUT2D eigenvalue weighted by Crippen LogP contribution is -2.20. The van der Waals surface area contributed by atoms with Crippen LogP contribution in [0.5, 0.6) is 5.75 Å². The molecule has 0 fully saturated rings. The standard InChI is InChI=1S/C20H17N5O2/c1-27-18-8-4-7-16(12-18)20-22-24-25(23-20)13-19(26)21-17-10-9-14-5-2-3-6-15(14)11-17/h2-12H,13H2,1H3,(H,21,26). The van der Waals surface area contributed by atoms with Gasteiger partial charge in [0.25, 0.3) is 0 Å². The minimum absolute atomic E-state index is 0.0240. The molecule has 0 bridgehead atoms. The SMILES string of the molecule is COc1cccc(-c2nnn(CC(=O)Nc3ccc4ccccc4c3)n2)c1. The number of fused-ring (bicyclic) bond motifs is 1. The number of aromatic nitrogens is 4. The van der Waals surface area contributed by atoms with Gasteiger partial charge < -0.3 is 10.1 Å². The highest BCUT2D eigenvalue weighted by molar-refractivity contribution is 5.94. The third-order valence-corrected chi connectivity index (χ3v) is 4.10. The van der Waals surface area contributed by atoms with Gasteiger partial charge in [-0.15, -0.1) is 10.2 Å². The van der Waals surface area contributed by atoms with E-state index in [1.807, 2.05) is 66.7 Å². The fourth-order valence-electron chi connectivity index (χ4n) is 2.78. The molecule has 1 amide bonds. The molecule has 134 valence electrons. The molecule has 0 atom stereocenters. The first kappa shape index (κ1) is 16.7. The normalized spacial score (nSPS) is 10.7. The Morgan fingerprint density at radius 3 is 2.74 bits per heavy atom. The number of anilines is 1. The number of rotatable bonds is 5. The molecule has 1 aromatic heterocycles. The van der Waals surface area contributed by atoms with E-state index in [4.69, 9.17) is 4.74 Å². The molecule has 0 spiro atoms. The maximum absolute atomic E-state index is 12.3. The number of ether oxygens (including phenoxy) is 1. The molecule has 4 aromatic rings. The van der Waals surface area contributed by atoms with E-state index in [1.54, 1.807) is 7.11 Å². The van der Waals surface area contributed by atoms with Gasteiger partial charge in [-0.2, -0.15) is 4.80 Å². The maximum atomic E-state index is 12.3. The van der Waals surface area contributed by atoms with Crippen LogP contribution < -0.4 is 10.1 Å². The van der Waals surface area contributed by atoms with Gasteiger partial charge in [-0.25, -0.2) is 0 Å². The summed E-state index contributed by atoms with van der Waals surface area (Å²) in [6, 6.07) is 21.1. The number of benzene rings is 3. The van der Waals surface area contributed by atoms with Gasteiger partial charge in [0.15, 0.2) is 0 Å². The molecule has 0 unspecified atom stereocenters. The van der Waals surface area contributed by atoms with Gasteiger partial charge in [0.05, 0.1) is 7.11 Å². The molecule has 1 heterocycles. The van der Waals surface area contributed by atoms with Gasteiger partial charge in [-0.3, -0.25) is 4.79 Å². The second kappa shape index (κ2) is 7.25. The van der Waals surface area contributed by atoms with E-state index in [0.717, 1.165) is 22.0 Å². The van der Waals surface area contributed by atoms with Crippen LogP contribution in [0.4, 0.5) is 5.69 Å². The summed E-state index contributed by atoms with van der Waals surface area (Å²) in [7, 11) is 1.60. The summed E-state index contributed by atoms with van der Waals surface area (Å²) in [5.41, 5.74) is 1.50. The van der Waals surface area contributed by atoms with Crippen molar-refractivity contribution in [3.8, 4) is 17.1 Å². The fraction of sp³-hybridized carbons (Fsp3) is 0.100. The maximum Gasteiger partial charge on any atom is 0.248 e. The number of carbonyl (C=O) groups is 1. The van der Waals surface area contributed by atoms with Crippen molar-refractivity contribution in [2.75, 3.05) is 12.4 Å². The molecule has 4 rings (SSSR count). The van der Waals surface area contributed by atoms with Crippen molar-refractivity contribution in [1.82, 2.24) is 20.2 Å². The van der Waals surface area contributed by atoms with E-state index in [2.05, 4.69) is 20.7 Å². The largest absolute Gasteiger partial charge is 0.497 e. The van der Waals surface area contributed by atoms with Crippen molar-refractivity contribution in [2.24, 2.45) is 0 Å². The van der Waals surface area contributed by atoms with E-state index in [9.17, 15) is 4.79 Å². The summed E-state index contributed by atoms with van der Waals surface area (Å²) in [5, 5.41) is 17.3. The molecule has 7 nitrogen and oxygen atoms in total. The van der Waals surface area contributed by atoms with Crippen molar-refractivity contribution < 1.29 is 9.53 Å². The zero-order valence-electron chi connectivity index (χ0n) is 14.7. The highest BCUT2D eigenvalue weighted by Crippen LogP contribution is 2.20. The zero-order valence-corrected chi connectivity index (χ0v) is 14.7. The Bertz CT molecular complexity index is 1110. The summed E-state index contributed by atoms with van der Waals surface area (Å²) < 4.78 is 5.20. The fourth-order valence-corrected chi connectivity index (χ4v) is 2.78. The summed E-state index contributed by atoms with van der Waals surface area (Å²) >= 11 is 0. The van der Waals surface area contributed by atoms with Crippen molar-refractivity contribution in [1.29, 1.82) is 0 Å². The molecule has 0 radical (unpaired) electrons. The lowest BCUT2D eigenvalue weighted by molar-refractivity contribution is -0.117. The topological polar surface area (TPSA) is 81.9 Å². The Kier molecular flexibility index (Phi) is 4.49. The predicted octanol–water partition coefficient (Wildman–Crippen LogP) is 3.14. The zero-order chi connectivity index (χ0) is 18.6. The van der Waals surface area contributed by atoms with E-state index in [0.29, 0.717) is 11.6 Å². The second-order valence-electron chi connectivity index (χ2n) is 5.99. The molecular weight excluding hydrogens is 342 g/mol. The average Bonchev–Trinajstić information content (AvgIpc) is 3.16. The highest BCUT2D eigenvalue weighted by atomic mass is 16.5. The third kappa shape index (κ3) is 3.77. The van der Waals surface area contributed by atoms with Gasteiger partial charge in [-0.05, 0) is 40.3 Å². The average molecular weight is 359 g/mol. The van der Waals surface area contributed by atoms with E-state index in [1.165, 1.54) is 4.80 Å². The molecule has 0 aliphatic heterocycles. The van der Waals surface area contributed by atoms with Gasteiger partial charge in [0, 0.05) is 11.3 Å². The van der Waals surface area contributed by atoms with Crippen LogP contribution in [-0.4, -0.2) is 33.2 Å². The molecule has 0 saturated carbocycles. The van der Waals surface area contributed by atoms with Gasteiger partial charge in [0.2, 0.25) is 11.7 Å². The lowest BCUT2D eigenvalue weighted by Gasteiger charge is -2.06. The first-order chi connectivity index (χ1) is 13.2. The van der Waals surface area contributed by atoms with Gasteiger partial charge in [-0.1, -0.05) is 42.5 Å². The first-order valence-corrected chi connectivity index (χ1v) is 8.42. The van der Waals surface area contributed by atoms with Crippen molar-refractivity contribution in [2.45, 2.75) is 6.54 Å². The minimum atomic E-state index is -0.222. The van der Waals surface area contributed by atoms with Crippen LogP contribution in [0.3, 0.4) is 0 Å². The van der Waals surface area contributed by atoms with Crippen molar-refractivity contribution in [3.63, 3.8) is 0 Å². The number of amides is 1. The van der Waals surface area contributed by atoms with Crippen LogP contribution in [0.15, 0.2) is 66.7 Å². The lowest BCUT2D eigenvalue weighted by atomic mass is 10.1. The summed E-state index contributed by atoms with van der Waals surface area (Å²) in [6.07, 6.45) is 0. The Morgan fingerprint density at radius 2 is 1.89 bits per heavy atom. The molecule has 7 heteroatoms. The molecule has 0 aliphatic rings. The predicted molar refractivity (Wildman–Crippen MR) is 102 cm³/mol. The third-order valence-electron chi connectivity index (χ3n) is 4.10. The number of nitrogens with one attached hydrogen (secondary N) is 1. The summed E-state index contributed by atoms with van der Waals surface area (Å²) in [6.45, 7) is -0.0240. The number of carbonyl (C=O) groups excluding carboxylic acids is 1. The van der Waals surface area contributed by atoms with Crippen LogP contribution >= 0.6 is 0 Å². The summed E-state index contributed by atoms with van der Waals surface area (Å²) in [4.78, 5) is 13.6. The monoisotopic (exact) mass is 359 g/mol. The number of hydrogen-bond donors (Lipinski definition) is 1. The first-order valence-electron chi connectivity index (χ1n) is 8.42. The van der Waals surface area contributed by atoms with Crippen molar-refractivity contribution >= 4 is 22.4 Å². The van der Waals surface area contributed by atoms with Gasteiger partial charge in [0.1, 0.15) is 12.3 Å². The summed E-state index contributed by atoms with van der Waals surface area (Å²) in [5.74, 6) is 0.921. The van der Waals surface area contributed by atoms with Crippen LogP contribution in [0, 0.1) is 0 Å². The van der Waals surface area contributed by atoms with E-state index in [-0.39, 0.29) is 12.5 Å². The Morgan fingerprint density at radius 1 is 1.04 bits per heavy atom. The number of nitrogens with zero attached hydrogens (tertiary/aromatic N) is 4. The molecular formula is C20H17N5O2. The molecule has 27 heavy (non-hydrogen) atoms. The van der Waals surface area contributed by atoms with Crippen LogP contribution in [0.25, 0.3) is 22.2 Å². The van der Waals surface area contributed by atoms with E-state index >= 15 is 0 Å². The minimum Gasteiger partial charge on any atom is -0.497 e. The second-order valence-corrected chi connectivity index (χ2v) is 5.99. The van der Waals surface area contributed by atoms with Crippen LogP contribution in [0.2, 0.25) is 0 Å². The molecule has 1 N–H and O–H groups in total. The Hall–Kier alpha value is -3.74. The quantitative estimate of drug-likeness (QED) is 0.592. The molecule has 0 saturated heterocycles. The molecule has 3 aromatic carbocycles. The molecule has 0 aliphatic carbocycles. The highest BCUT2D eigenvalue weighted by Gasteiger charge is 2.10.